The molecule has 70 valence electrons. The molecule has 1 nitrogen and oxygen atoms in total. The van der Waals surface area contributed by atoms with Gasteiger partial charge in [-0.1, -0.05) is 0 Å². The van der Waals surface area contributed by atoms with Gasteiger partial charge in [0.2, 0.25) is 0 Å². The summed E-state index contributed by atoms with van der Waals surface area (Å²) in [5.74, 6) is 0.357. The Balaban J connectivity index is 2.50. The predicted octanol–water partition coefficient (Wildman–Crippen LogP) is 2.88. The van der Waals surface area contributed by atoms with Gasteiger partial charge in [-0.3, -0.25) is 4.79 Å². The molecule has 0 spiro atoms. The normalized spacial score (nSPS) is 37.4. The monoisotopic (exact) mass is 172 g/mol. The third-order valence-corrected chi connectivity index (χ3v) is 2.84. The first-order valence-corrected chi connectivity index (χ1v) is 4.71. The van der Waals surface area contributed by atoms with Gasteiger partial charge >= 0.3 is 0 Å². The average molecular weight is 172 g/mol. The minimum atomic E-state index is -1.02. The van der Waals surface area contributed by atoms with E-state index in [1.807, 2.05) is 0 Å². The Labute approximate surface area is 73.3 Å². The van der Waals surface area contributed by atoms with Crippen LogP contribution in [-0.4, -0.2) is 11.5 Å². The van der Waals surface area contributed by atoms with Crippen molar-refractivity contribution in [2.45, 2.75) is 51.6 Å². The van der Waals surface area contributed by atoms with Gasteiger partial charge < -0.3 is 0 Å². The smallest absolute Gasteiger partial charge is 0.132 e. The molecule has 0 aromatic rings. The first kappa shape index (κ1) is 9.69. The van der Waals surface area contributed by atoms with Crippen LogP contribution in [0.2, 0.25) is 0 Å². The van der Waals surface area contributed by atoms with Crippen LogP contribution in [0.15, 0.2) is 0 Å². The molecule has 1 saturated carbocycles. The number of halogens is 1. The minimum Gasteiger partial charge on any atom is -0.300 e. The molecule has 1 aliphatic rings. The van der Waals surface area contributed by atoms with Gasteiger partial charge in [0.1, 0.15) is 11.5 Å². The second-order valence-electron chi connectivity index (χ2n) is 4.15. The second-order valence-corrected chi connectivity index (χ2v) is 4.15. The van der Waals surface area contributed by atoms with E-state index in [1.165, 1.54) is 0 Å². The van der Waals surface area contributed by atoms with Gasteiger partial charge in [0, 0.05) is 5.92 Å². The maximum absolute atomic E-state index is 13.5. The van der Waals surface area contributed by atoms with Crippen molar-refractivity contribution in [3.8, 4) is 0 Å². The highest BCUT2D eigenvalue weighted by Gasteiger charge is 2.29. The fourth-order valence-electron chi connectivity index (χ4n) is 1.87. The Bertz CT molecular complexity index is 175. The van der Waals surface area contributed by atoms with E-state index in [0.29, 0.717) is 12.8 Å². The van der Waals surface area contributed by atoms with Crippen molar-refractivity contribution in [3.05, 3.63) is 0 Å². The van der Waals surface area contributed by atoms with E-state index in [4.69, 9.17) is 0 Å². The highest BCUT2D eigenvalue weighted by atomic mass is 19.1. The van der Waals surface area contributed by atoms with Gasteiger partial charge in [-0.25, -0.2) is 4.39 Å². The molecule has 2 unspecified atom stereocenters. The van der Waals surface area contributed by atoms with E-state index in [-0.39, 0.29) is 11.7 Å². The third-order valence-electron chi connectivity index (χ3n) is 2.84. The van der Waals surface area contributed by atoms with E-state index in [1.54, 1.807) is 13.8 Å². The van der Waals surface area contributed by atoms with E-state index in [2.05, 4.69) is 0 Å². The molecule has 0 aromatic heterocycles. The molecular weight excluding hydrogens is 155 g/mol. The van der Waals surface area contributed by atoms with Crippen LogP contribution in [-0.2, 0) is 4.79 Å². The summed E-state index contributed by atoms with van der Waals surface area (Å²) >= 11 is 0. The number of carbonyl (C=O) groups is 1. The van der Waals surface area contributed by atoms with Crippen molar-refractivity contribution in [3.63, 3.8) is 0 Å². The summed E-state index contributed by atoms with van der Waals surface area (Å²) < 4.78 is 13.5. The molecule has 1 aliphatic carbocycles. The summed E-state index contributed by atoms with van der Waals surface area (Å²) in [4.78, 5) is 11.0. The first-order valence-electron chi connectivity index (χ1n) is 4.71. The first-order chi connectivity index (χ1) is 5.51. The van der Waals surface area contributed by atoms with Crippen LogP contribution < -0.4 is 0 Å². The Kier molecular flexibility index (Phi) is 2.86. The average Bonchev–Trinajstić information content (AvgIpc) is 2.10. The summed E-state index contributed by atoms with van der Waals surface area (Å²) in [5, 5.41) is 0. The maximum atomic E-state index is 13.5. The maximum Gasteiger partial charge on any atom is 0.132 e. The molecular formula is C10H17FO. The molecule has 0 heterocycles. The van der Waals surface area contributed by atoms with Gasteiger partial charge in [-0.05, 0) is 46.0 Å². The number of hydrogen-bond acceptors (Lipinski definition) is 1. The molecule has 0 bridgehead atoms. The van der Waals surface area contributed by atoms with Gasteiger partial charge in [-0.15, -0.1) is 0 Å². The quantitative estimate of drug-likeness (QED) is 0.556. The topological polar surface area (TPSA) is 17.1 Å². The Hall–Kier alpha value is -0.400. The molecule has 1 fully saturated rings. The van der Waals surface area contributed by atoms with Crippen molar-refractivity contribution in [2.75, 3.05) is 0 Å². The zero-order valence-electron chi connectivity index (χ0n) is 7.90. The lowest BCUT2D eigenvalue weighted by Crippen LogP contribution is -2.16. The van der Waals surface area contributed by atoms with Gasteiger partial charge in [0.05, 0.1) is 0 Å². The number of rotatable bonds is 1. The summed E-state index contributed by atoms with van der Waals surface area (Å²) in [7, 11) is 0. The zero-order chi connectivity index (χ0) is 9.19. The molecule has 1 rings (SSSR count). The van der Waals surface area contributed by atoms with Crippen LogP contribution in [0.25, 0.3) is 0 Å². The van der Waals surface area contributed by atoms with Crippen LogP contribution in [0.4, 0.5) is 4.39 Å². The number of ketones is 1. The minimum absolute atomic E-state index is 0.127. The summed E-state index contributed by atoms with van der Waals surface area (Å²) in [6.07, 6.45) is 3.66. The van der Waals surface area contributed by atoms with E-state index in [0.717, 1.165) is 19.3 Å². The molecule has 12 heavy (non-hydrogen) atoms. The lowest BCUT2D eigenvalue weighted by atomic mass is 9.95. The summed E-state index contributed by atoms with van der Waals surface area (Å²) in [6, 6.07) is 0. The molecule has 0 radical (unpaired) electrons. The van der Waals surface area contributed by atoms with Gasteiger partial charge in [0.25, 0.3) is 0 Å². The molecule has 0 aromatic carbocycles. The number of Topliss-reactive ketones (excluding diaryl/α,β-unsaturated/α-hetero) is 1. The van der Waals surface area contributed by atoms with E-state index >= 15 is 0 Å². The lowest BCUT2D eigenvalue weighted by molar-refractivity contribution is -0.121. The number of alkyl halides is 1. The lowest BCUT2D eigenvalue weighted by Gasteiger charge is -2.16. The highest BCUT2D eigenvalue weighted by Crippen LogP contribution is 2.33. The van der Waals surface area contributed by atoms with Crippen molar-refractivity contribution >= 4 is 5.78 Å². The molecule has 0 saturated heterocycles. The standard InChI is InChI=1S/C10H17FO/c1-8(12)9-4-3-6-10(2,11)7-5-9/h9H,3-7H2,1-2H3. The zero-order valence-corrected chi connectivity index (χ0v) is 7.90. The number of carbonyl (C=O) groups excluding carboxylic acids is 1. The van der Waals surface area contributed by atoms with Crippen molar-refractivity contribution in [2.24, 2.45) is 5.92 Å². The largest absolute Gasteiger partial charge is 0.300 e. The van der Waals surface area contributed by atoms with E-state index in [9.17, 15) is 9.18 Å². The molecule has 0 aliphatic heterocycles. The number of hydrogen-bond donors (Lipinski definition) is 0. The molecule has 2 atom stereocenters. The molecule has 0 amide bonds. The van der Waals surface area contributed by atoms with Crippen LogP contribution in [0, 0.1) is 5.92 Å². The Morgan fingerprint density at radius 2 is 2.08 bits per heavy atom. The fourth-order valence-corrected chi connectivity index (χ4v) is 1.87. The molecule has 0 N–H and O–H groups in total. The van der Waals surface area contributed by atoms with Crippen LogP contribution in [0.5, 0.6) is 0 Å². The van der Waals surface area contributed by atoms with Crippen LogP contribution >= 0.6 is 0 Å². The highest BCUT2D eigenvalue weighted by molar-refractivity contribution is 5.78. The van der Waals surface area contributed by atoms with Gasteiger partial charge in [-0.2, -0.15) is 0 Å². The predicted molar refractivity (Wildman–Crippen MR) is 46.8 cm³/mol. The SMILES string of the molecule is CC(=O)C1CCCC(C)(F)CC1. The van der Waals surface area contributed by atoms with Crippen molar-refractivity contribution in [1.82, 2.24) is 0 Å². The van der Waals surface area contributed by atoms with Crippen molar-refractivity contribution in [1.29, 1.82) is 0 Å². The molecule has 2 heteroatoms. The summed E-state index contributed by atoms with van der Waals surface area (Å²) in [6.45, 7) is 3.26. The Morgan fingerprint density at radius 1 is 1.42 bits per heavy atom. The fraction of sp³-hybridized carbons (Fsp3) is 0.900. The summed E-state index contributed by atoms with van der Waals surface area (Å²) in [5.41, 5.74) is -1.02. The van der Waals surface area contributed by atoms with Crippen LogP contribution in [0.1, 0.15) is 46.0 Å². The third kappa shape index (κ3) is 2.58. The van der Waals surface area contributed by atoms with Crippen molar-refractivity contribution < 1.29 is 9.18 Å². The van der Waals surface area contributed by atoms with Gasteiger partial charge in [0.15, 0.2) is 0 Å². The second kappa shape index (κ2) is 3.55. The Morgan fingerprint density at radius 3 is 2.67 bits per heavy atom. The van der Waals surface area contributed by atoms with E-state index < -0.39 is 5.67 Å². The van der Waals surface area contributed by atoms with Crippen LogP contribution in [0.3, 0.4) is 0 Å².